The van der Waals surface area contributed by atoms with Crippen LogP contribution in [0.5, 0.6) is 0 Å². The summed E-state index contributed by atoms with van der Waals surface area (Å²) in [7, 11) is 0. The van der Waals surface area contributed by atoms with Gasteiger partial charge in [-0.3, -0.25) is 4.99 Å². The summed E-state index contributed by atoms with van der Waals surface area (Å²) in [6.45, 7) is 10.8. The molecule has 3 rings (SSSR count). The minimum absolute atomic E-state index is 0.247. The molecule has 2 aliphatic carbocycles. The molecule has 0 aromatic carbocycles. The van der Waals surface area contributed by atoms with Crippen molar-refractivity contribution < 1.29 is 9.47 Å². The molecule has 2 N–H and O–H groups in total. The van der Waals surface area contributed by atoms with Crippen LogP contribution in [0.4, 0.5) is 0 Å². The largest absolute Gasteiger partial charge is 0.381 e. The monoisotopic (exact) mass is 383 g/mol. The van der Waals surface area contributed by atoms with Crippen LogP contribution in [0.2, 0.25) is 0 Å². The molecular weight excluding hydrogens is 346 g/mol. The predicted octanol–water partition coefficient (Wildman–Crippen LogP) is 3.19. The Balaban J connectivity index is 1.62. The van der Waals surface area contributed by atoms with Crippen LogP contribution in [0.15, 0.2) is 4.99 Å². The topological polar surface area (TPSA) is 54.9 Å². The zero-order valence-electron chi connectivity index (χ0n) is 16.8. The van der Waals surface area contributed by atoms with Gasteiger partial charge < -0.3 is 20.1 Å². The zero-order chi connectivity index (χ0) is 18.5. The summed E-state index contributed by atoms with van der Waals surface area (Å²) in [5, 5.41) is 7.22. The number of guanidine groups is 1. The van der Waals surface area contributed by atoms with Crippen LogP contribution in [0, 0.1) is 5.41 Å². The Bertz CT molecular complexity index is 470. The van der Waals surface area contributed by atoms with E-state index in [-0.39, 0.29) is 4.75 Å². The van der Waals surface area contributed by atoms with Crippen molar-refractivity contribution in [2.24, 2.45) is 10.4 Å². The van der Waals surface area contributed by atoms with E-state index in [4.69, 9.17) is 14.5 Å². The van der Waals surface area contributed by atoms with Gasteiger partial charge in [0.1, 0.15) is 0 Å². The van der Waals surface area contributed by atoms with Crippen LogP contribution in [0.1, 0.15) is 59.3 Å². The second-order valence-electron chi connectivity index (χ2n) is 7.89. The van der Waals surface area contributed by atoms with Gasteiger partial charge in [-0.1, -0.05) is 13.3 Å². The van der Waals surface area contributed by atoms with Gasteiger partial charge in [-0.2, -0.15) is 11.8 Å². The smallest absolute Gasteiger partial charge is 0.191 e. The molecule has 0 radical (unpaired) electrons. The first-order valence-corrected chi connectivity index (χ1v) is 11.5. The molecule has 0 amide bonds. The number of hydrogen-bond acceptors (Lipinski definition) is 4. The van der Waals surface area contributed by atoms with E-state index >= 15 is 0 Å². The molecule has 150 valence electrons. The first kappa shape index (κ1) is 20.3. The van der Waals surface area contributed by atoms with Crippen molar-refractivity contribution in [2.75, 3.05) is 38.7 Å². The lowest BCUT2D eigenvalue weighted by molar-refractivity contribution is -0.168. The molecule has 3 fully saturated rings. The summed E-state index contributed by atoms with van der Waals surface area (Å²) >= 11 is 2.06. The van der Waals surface area contributed by atoms with Crippen molar-refractivity contribution in [1.82, 2.24) is 10.6 Å². The van der Waals surface area contributed by atoms with Crippen molar-refractivity contribution in [2.45, 2.75) is 76.2 Å². The van der Waals surface area contributed by atoms with Crippen LogP contribution in [0.3, 0.4) is 0 Å². The van der Waals surface area contributed by atoms with Gasteiger partial charge in [0, 0.05) is 42.6 Å². The molecule has 1 saturated heterocycles. The number of aliphatic imine (C=N–C) groups is 1. The summed E-state index contributed by atoms with van der Waals surface area (Å²) in [6, 6.07) is 0.509. The SMILES string of the molecule is CCNC(=NCC1(SCC)CCOCC1)NC1CC(OCC)C12CCC2. The molecule has 26 heavy (non-hydrogen) atoms. The van der Waals surface area contributed by atoms with Crippen molar-refractivity contribution in [1.29, 1.82) is 0 Å². The molecular formula is C20H37N3O2S. The van der Waals surface area contributed by atoms with Gasteiger partial charge in [0.15, 0.2) is 5.96 Å². The Kier molecular flexibility index (Phi) is 7.14. The quantitative estimate of drug-likeness (QED) is 0.498. The average molecular weight is 384 g/mol. The lowest BCUT2D eigenvalue weighted by Crippen LogP contribution is -2.68. The first-order chi connectivity index (χ1) is 12.7. The van der Waals surface area contributed by atoms with Gasteiger partial charge in [-0.25, -0.2) is 0 Å². The van der Waals surface area contributed by atoms with E-state index in [0.717, 1.165) is 63.9 Å². The molecule has 2 saturated carbocycles. The minimum Gasteiger partial charge on any atom is -0.381 e. The Hall–Kier alpha value is -0.460. The number of nitrogens with one attached hydrogen (secondary N) is 2. The highest BCUT2D eigenvalue weighted by atomic mass is 32.2. The lowest BCUT2D eigenvalue weighted by Gasteiger charge is -2.61. The van der Waals surface area contributed by atoms with Crippen LogP contribution >= 0.6 is 11.8 Å². The summed E-state index contributed by atoms with van der Waals surface area (Å²) in [6.07, 6.45) is 7.69. The summed E-state index contributed by atoms with van der Waals surface area (Å²) in [5.41, 5.74) is 0.362. The van der Waals surface area contributed by atoms with Gasteiger partial charge >= 0.3 is 0 Å². The minimum atomic E-state index is 0.247. The van der Waals surface area contributed by atoms with Gasteiger partial charge in [-0.15, -0.1) is 0 Å². The highest BCUT2D eigenvalue weighted by Crippen LogP contribution is 2.57. The van der Waals surface area contributed by atoms with E-state index in [1.807, 2.05) is 0 Å². The van der Waals surface area contributed by atoms with Crippen molar-refractivity contribution >= 4 is 17.7 Å². The van der Waals surface area contributed by atoms with Gasteiger partial charge in [0.2, 0.25) is 0 Å². The third kappa shape index (κ3) is 4.17. The van der Waals surface area contributed by atoms with Gasteiger partial charge in [-0.05, 0) is 51.7 Å². The van der Waals surface area contributed by atoms with Crippen LogP contribution in [-0.4, -0.2) is 61.5 Å². The number of thioether (sulfide) groups is 1. The average Bonchev–Trinajstić information content (AvgIpc) is 2.58. The maximum atomic E-state index is 5.99. The highest BCUT2D eigenvalue weighted by molar-refractivity contribution is 8.00. The van der Waals surface area contributed by atoms with Crippen molar-refractivity contribution in [3.63, 3.8) is 0 Å². The molecule has 6 heteroatoms. The standard InChI is InChI=1S/C20H37N3O2S/c1-4-21-18(22-15-19(26-6-3)10-12-24-13-11-19)23-16-14-17(25-5-2)20(16)8-7-9-20/h16-17H,4-15H2,1-3H3,(H2,21,22,23). The van der Waals surface area contributed by atoms with Gasteiger partial charge in [0.25, 0.3) is 0 Å². The number of rotatable bonds is 8. The Morgan fingerprint density at radius 1 is 1.19 bits per heavy atom. The van der Waals surface area contributed by atoms with Crippen molar-refractivity contribution in [3.8, 4) is 0 Å². The maximum absolute atomic E-state index is 5.99. The highest BCUT2D eigenvalue weighted by Gasteiger charge is 2.59. The predicted molar refractivity (Wildman–Crippen MR) is 110 cm³/mol. The second-order valence-corrected chi connectivity index (χ2v) is 9.62. The summed E-state index contributed by atoms with van der Waals surface area (Å²) in [4.78, 5) is 5.02. The van der Waals surface area contributed by atoms with E-state index in [2.05, 4.69) is 43.2 Å². The molecule has 2 unspecified atom stereocenters. The Morgan fingerprint density at radius 3 is 2.54 bits per heavy atom. The molecule has 2 atom stereocenters. The molecule has 0 aromatic rings. The fraction of sp³-hybridized carbons (Fsp3) is 0.950. The third-order valence-electron chi connectivity index (χ3n) is 6.47. The normalized spacial score (nSPS) is 29.7. The second kappa shape index (κ2) is 9.16. The van der Waals surface area contributed by atoms with Crippen LogP contribution < -0.4 is 10.6 Å². The van der Waals surface area contributed by atoms with Crippen molar-refractivity contribution in [3.05, 3.63) is 0 Å². The molecule has 5 nitrogen and oxygen atoms in total. The Labute approximate surface area is 163 Å². The van der Waals surface area contributed by atoms with E-state index in [1.54, 1.807) is 0 Å². The van der Waals surface area contributed by atoms with Crippen LogP contribution in [0.25, 0.3) is 0 Å². The van der Waals surface area contributed by atoms with E-state index in [9.17, 15) is 0 Å². The fourth-order valence-corrected chi connectivity index (χ4v) is 5.97. The summed E-state index contributed by atoms with van der Waals surface area (Å²) in [5.74, 6) is 2.13. The number of nitrogens with zero attached hydrogens (tertiary/aromatic N) is 1. The molecule has 3 aliphatic rings. The zero-order valence-corrected chi connectivity index (χ0v) is 17.6. The van der Waals surface area contributed by atoms with E-state index < -0.39 is 0 Å². The van der Waals surface area contributed by atoms with E-state index in [0.29, 0.717) is 17.6 Å². The maximum Gasteiger partial charge on any atom is 0.191 e. The number of hydrogen-bond donors (Lipinski definition) is 2. The van der Waals surface area contributed by atoms with E-state index in [1.165, 1.54) is 19.3 Å². The van der Waals surface area contributed by atoms with Crippen LogP contribution in [-0.2, 0) is 9.47 Å². The molecule has 1 aliphatic heterocycles. The molecule has 0 aromatic heterocycles. The Morgan fingerprint density at radius 2 is 1.96 bits per heavy atom. The van der Waals surface area contributed by atoms with Gasteiger partial charge in [0.05, 0.1) is 12.6 Å². The number of ether oxygens (including phenoxy) is 2. The third-order valence-corrected chi connectivity index (χ3v) is 7.91. The summed E-state index contributed by atoms with van der Waals surface area (Å²) < 4.78 is 11.8. The molecule has 1 heterocycles. The molecule has 1 spiro atoms. The fourth-order valence-electron chi connectivity index (χ4n) is 4.75. The first-order valence-electron chi connectivity index (χ1n) is 10.6. The molecule has 0 bridgehead atoms. The lowest BCUT2D eigenvalue weighted by atomic mass is 9.51.